The minimum atomic E-state index is -0.757. The highest BCUT2D eigenvalue weighted by Gasteiger charge is 2.28. The molecule has 1 fully saturated rings. The number of aliphatic hydroxyl groups is 1. The number of unbranched alkanes of at least 4 members (excludes halogenated alkanes) is 3. The molecule has 1 saturated heterocycles. The second-order valence-electron chi connectivity index (χ2n) is 7.26. The molecule has 1 aromatic carbocycles. The average Bonchev–Trinajstić information content (AvgIpc) is 3.02. The van der Waals surface area contributed by atoms with Crippen LogP contribution in [0.3, 0.4) is 0 Å². The molecule has 0 bridgehead atoms. The Hall–Kier alpha value is -2.34. The number of likely N-dealkylation sites (tertiary alicyclic amines) is 1. The summed E-state index contributed by atoms with van der Waals surface area (Å²) in [7, 11) is 1.62. The smallest absolute Gasteiger partial charge is 0.303 e. The third-order valence-electron chi connectivity index (χ3n) is 5.05. The second kappa shape index (κ2) is 11.5. The number of amides is 1. The SMILES string of the molecule is COc1cccc(C[C@H](O)/C=C/[C@H]2CCC(=O)N2CCCCCCC(=O)O)c1. The van der Waals surface area contributed by atoms with Gasteiger partial charge in [-0.3, -0.25) is 9.59 Å². The van der Waals surface area contributed by atoms with Gasteiger partial charge in [-0.2, -0.15) is 0 Å². The van der Waals surface area contributed by atoms with E-state index in [4.69, 9.17) is 9.84 Å². The zero-order chi connectivity index (χ0) is 20.4. The maximum Gasteiger partial charge on any atom is 0.303 e. The molecule has 0 saturated carbocycles. The van der Waals surface area contributed by atoms with Crippen LogP contribution in [0.2, 0.25) is 0 Å². The van der Waals surface area contributed by atoms with Crippen LogP contribution in [-0.4, -0.2) is 52.8 Å². The predicted octanol–water partition coefficient (Wildman–Crippen LogP) is 3.18. The van der Waals surface area contributed by atoms with Crippen LogP contribution in [0.25, 0.3) is 0 Å². The fourth-order valence-electron chi connectivity index (χ4n) is 3.52. The maximum atomic E-state index is 12.1. The molecule has 1 aliphatic rings. The van der Waals surface area contributed by atoms with Crippen molar-refractivity contribution in [3.63, 3.8) is 0 Å². The van der Waals surface area contributed by atoms with Gasteiger partial charge in [-0.05, 0) is 37.0 Å². The van der Waals surface area contributed by atoms with Gasteiger partial charge in [0.2, 0.25) is 5.91 Å². The molecular formula is C22H31NO5. The molecule has 0 aliphatic carbocycles. The zero-order valence-corrected chi connectivity index (χ0v) is 16.5. The average molecular weight is 389 g/mol. The van der Waals surface area contributed by atoms with Crippen LogP contribution >= 0.6 is 0 Å². The summed E-state index contributed by atoms with van der Waals surface area (Å²) in [6.07, 6.45) is 8.49. The topological polar surface area (TPSA) is 87.1 Å². The molecule has 28 heavy (non-hydrogen) atoms. The number of nitrogens with zero attached hydrogens (tertiary/aromatic N) is 1. The Kier molecular flexibility index (Phi) is 9.01. The lowest BCUT2D eigenvalue weighted by Crippen LogP contribution is -2.32. The first-order valence-electron chi connectivity index (χ1n) is 10.00. The summed E-state index contributed by atoms with van der Waals surface area (Å²) in [5.41, 5.74) is 0.997. The van der Waals surface area contributed by atoms with Crippen LogP contribution in [0.4, 0.5) is 0 Å². The summed E-state index contributed by atoms with van der Waals surface area (Å²) < 4.78 is 5.20. The van der Waals surface area contributed by atoms with E-state index in [0.29, 0.717) is 25.8 Å². The Morgan fingerprint density at radius 3 is 2.86 bits per heavy atom. The highest BCUT2D eigenvalue weighted by atomic mass is 16.5. The quantitative estimate of drug-likeness (QED) is 0.423. The van der Waals surface area contributed by atoms with Gasteiger partial charge in [0.05, 0.1) is 19.3 Å². The summed E-state index contributed by atoms with van der Waals surface area (Å²) in [5, 5.41) is 19.0. The molecule has 2 rings (SSSR count). The fourth-order valence-corrected chi connectivity index (χ4v) is 3.52. The number of hydrogen-bond donors (Lipinski definition) is 2. The Morgan fingerprint density at radius 2 is 2.11 bits per heavy atom. The van der Waals surface area contributed by atoms with Crippen molar-refractivity contribution in [2.24, 2.45) is 0 Å². The normalized spacial score (nSPS) is 18.0. The summed E-state index contributed by atoms with van der Waals surface area (Å²) in [5.74, 6) is 0.166. The number of aliphatic carboxylic acids is 1. The number of carbonyl (C=O) groups excluding carboxylic acids is 1. The molecule has 1 amide bonds. The number of aliphatic hydroxyl groups excluding tert-OH is 1. The van der Waals surface area contributed by atoms with Crippen molar-refractivity contribution in [2.75, 3.05) is 13.7 Å². The molecule has 6 heteroatoms. The van der Waals surface area contributed by atoms with Gasteiger partial charge >= 0.3 is 5.97 Å². The third kappa shape index (κ3) is 7.35. The zero-order valence-electron chi connectivity index (χ0n) is 16.5. The van der Waals surface area contributed by atoms with Crippen molar-refractivity contribution in [1.82, 2.24) is 4.90 Å². The van der Waals surface area contributed by atoms with E-state index in [-0.39, 0.29) is 18.4 Å². The van der Waals surface area contributed by atoms with Crippen molar-refractivity contribution in [3.8, 4) is 5.75 Å². The highest BCUT2D eigenvalue weighted by molar-refractivity contribution is 5.79. The highest BCUT2D eigenvalue weighted by Crippen LogP contribution is 2.21. The Balaban J connectivity index is 1.78. The van der Waals surface area contributed by atoms with Gasteiger partial charge in [-0.15, -0.1) is 0 Å². The van der Waals surface area contributed by atoms with E-state index in [1.165, 1.54) is 0 Å². The first-order valence-corrected chi connectivity index (χ1v) is 10.00. The number of hydrogen-bond acceptors (Lipinski definition) is 4. The van der Waals surface area contributed by atoms with E-state index in [2.05, 4.69) is 0 Å². The van der Waals surface area contributed by atoms with E-state index < -0.39 is 12.1 Å². The Bertz CT molecular complexity index is 673. The van der Waals surface area contributed by atoms with Gasteiger partial charge in [-0.1, -0.05) is 37.1 Å². The molecule has 2 atom stereocenters. The van der Waals surface area contributed by atoms with E-state index in [1.54, 1.807) is 13.2 Å². The molecule has 154 valence electrons. The number of carbonyl (C=O) groups is 2. The molecule has 6 nitrogen and oxygen atoms in total. The number of rotatable bonds is 12. The summed E-state index contributed by atoms with van der Waals surface area (Å²) in [4.78, 5) is 24.5. The van der Waals surface area contributed by atoms with Crippen molar-refractivity contribution in [2.45, 2.75) is 63.5 Å². The first kappa shape index (κ1) is 22.0. The van der Waals surface area contributed by atoms with E-state index in [0.717, 1.165) is 37.0 Å². The monoisotopic (exact) mass is 389 g/mol. The number of benzene rings is 1. The van der Waals surface area contributed by atoms with Crippen molar-refractivity contribution >= 4 is 11.9 Å². The first-order chi connectivity index (χ1) is 13.5. The molecular weight excluding hydrogens is 358 g/mol. The lowest BCUT2D eigenvalue weighted by atomic mass is 10.1. The number of carboxylic acid groups (broad SMARTS) is 1. The van der Waals surface area contributed by atoms with E-state index in [1.807, 2.05) is 35.2 Å². The lowest BCUT2D eigenvalue weighted by molar-refractivity contribution is -0.137. The predicted molar refractivity (Wildman–Crippen MR) is 107 cm³/mol. The van der Waals surface area contributed by atoms with E-state index in [9.17, 15) is 14.7 Å². The number of methoxy groups -OCH3 is 1. The van der Waals surface area contributed by atoms with Gasteiger partial charge in [-0.25, -0.2) is 0 Å². The molecule has 1 aromatic rings. The summed E-state index contributed by atoms with van der Waals surface area (Å²) >= 11 is 0. The third-order valence-corrected chi connectivity index (χ3v) is 5.05. The van der Waals surface area contributed by atoms with Gasteiger partial charge in [0.1, 0.15) is 5.75 Å². The molecule has 0 unspecified atom stereocenters. The number of carboxylic acids is 1. The van der Waals surface area contributed by atoms with Crippen LogP contribution in [0.1, 0.15) is 50.5 Å². The molecule has 1 heterocycles. The number of ether oxygens (including phenoxy) is 1. The molecule has 0 spiro atoms. The second-order valence-corrected chi connectivity index (χ2v) is 7.26. The minimum absolute atomic E-state index is 0.0338. The minimum Gasteiger partial charge on any atom is -0.497 e. The van der Waals surface area contributed by atoms with Crippen LogP contribution in [0.5, 0.6) is 5.75 Å². The van der Waals surface area contributed by atoms with Crippen LogP contribution in [0.15, 0.2) is 36.4 Å². The van der Waals surface area contributed by atoms with E-state index >= 15 is 0 Å². The van der Waals surface area contributed by atoms with Gasteiger partial charge in [0, 0.05) is 25.8 Å². The molecule has 2 N–H and O–H groups in total. The fraction of sp³-hybridized carbons (Fsp3) is 0.545. The maximum absolute atomic E-state index is 12.1. The summed E-state index contributed by atoms with van der Waals surface area (Å²) in [6, 6.07) is 7.67. The Morgan fingerprint density at radius 1 is 1.32 bits per heavy atom. The van der Waals surface area contributed by atoms with Crippen molar-refractivity contribution < 1.29 is 24.5 Å². The van der Waals surface area contributed by atoms with Gasteiger partial charge < -0.3 is 19.8 Å². The largest absolute Gasteiger partial charge is 0.497 e. The van der Waals surface area contributed by atoms with Crippen LogP contribution in [-0.2, 0) is 16.0 Å². The van der Waals surface area contributed by atoms with Crippen LogP contribution in [0, 0.1) is 0 Å². The van der Waals surface area contributed by atoms with Crippen LogP contribution < -0.4 is 4.74 Å². The van der Waals surface area contributed by atoms with Crippen molar-refractivity contribution in [1.29, 1.82) is 0 Å². The molecule has 0 radical (unpaired) electrons. The van der Waals surface area contributed by atoms with Crippen molar-refractivity contribution in [3.05, 3.63) is 42.0 Å². The lowest BCUT2D eigenvalue weighted by Gasteiger charge is -2.22. The van der Waals surface area contributed by atoms with Gasteiger partial charge in [0.25, 0.3) is 0 Å². The summed E-state index contributed by atoms with van der Waals surface area (Å²) in [6.45, 7) is 0.687. The Labute approximate surface area is 166 Å². The molecule has 0 aromatic heterocycles. The standard InChI is InChI=1S/C22H31NO5/c1-28-20-8-6-7-17(16-20)15-19(24)12-10-18-11-13-21(25)23(18)14-5-3-2-4-9-22(26)27/h6-8,10,12,16,18-19,24H,2-5,9,11,13-15H2,1H3,(H,26,27)/b12-10+/t18-,19+/m0/s1. The van der Waals surface area contributed by atoms with Gasteiger partial charge in [0.15, 0.2) is 0 Å². The molecule has 1 aliphatic heterocycles.